The minimum Gasteiger partial charge on any atom is -0.366 e. The third-order valence-electron chi connectivity index (χ3n) is 8.82. The molecule has 2 heterocycles. The first-order chi connectivity index (χ1) is 21.8. The Balaban J connectivity index is 1.50. The number of hydrogen-bond acceptors (Lipinski definition) is 4. The van der Waals surface area contributed by atoms with Gasteiger partial charge in [-0.3, -0.25) is 0 Å². The van der Waals surface area contributed by atoms with Crippen molar-refractivity contribution in [3.05, 3.63) is 118 Å². The summed E-state index contributed by atoms with van der Waals surface area (Å²) in [5.41, 5.74) is 5.59. The zero-order valence-electron chi connectivity index (χ0n) is 25.2. The van der Waals surface area contributed by atoms with Gasteiger partial charge in [-0.2, -0.15) is 13.2 Å². The van der Waals surface area contributed by atoms with E-state index in [1.54, 1.807) is 24.3 Å². The number of rotatable bonds is 10. The Morgan fingerprint density at radius 3 is 2.18 bits per heavy atom. The zero-order valence-corrected chi connectivity index (χ0v) is 25.2. The van der Waals surface area contributed by atoms with Crippen LogP contribution in [0.15, 0.2) is 78.9 Å². The molecule has 1 N–H and O–H groups in total. The average Bonchev–Trinajstić information content (AvgIpc) is 3.59. The maximum Gasteiger partial charge on any atom is 0.416 e. The Hall–Kier alpha value is -3.75. The molecule has 0 radical (unpaired) electrons. The van der Waals surface area contributed by atoms with Crippen molar-refractivity contribution in [3.8, 4) is 11.1 Å². The van der Waals surface area contributed by atoms with Crippen LogP contribution < -0.4 is 5.32 Å². The molecule has 1 unspecified atom stereocenters. The van der Waals surface area contributed by atoms with Crippen LogP contribution in [-0.4, -0.2) is 17.9 Å². The number of halogens is 4. The van der Waals surface area contributed by atoms with Crippen LogP contribution in [0, 0.1) is 5.82 Å². The lowest BCUT2D eigenvalue weighted by molar-refractivity contribution is -0.168. The highest BCUT2D eigenvalue weighted by molar-refractivity contribution is 5.77. The van der Waals surface area contributed by atoms with Crippen LogP contribution in [0.2, 0.25) is 0 Å². The standard InChI is InChI=1S/C37H38F4N2O2/c38-30-19-15-27(16-20-30)34-31(22-25-13-17-29(18-14-25)37(39,40)41)35(28-10-4-5-11-28)43-36(42-23-26-8-2-1-3-9-26)32(34)24-45-33-12-6-7-21-44-33/h1-3,8-9,13-20,28,33H,4-7,10-12,21-24H2,(H,42,43). The van der Waals surface area contributed by atoms with E-state index in [4.69, 9.17) is 14.5 Å². The van der Waals surface area contributed by atoms with E-state index in [0.717, 1.165) is 96.2 Å². The Bertz CT molecular complexity index is 1550. The van der Waals surface area contributed by atoms with Crippen molar-refractivity contribution in [2.24, 2.45) is 0 Å². The van der Waals surface area contributed by atoms with Gasteiger partial charge in [0.1, 0.15) is 11.6 Å². The molecule has 1 aliphatic carbocycles. The highest BCUT2D eigenvalue weighted by Crippen LogP contribution is 2.43. The van der Waals surface area contributed by atoms with E-state index in [-0.39, 0.29) is 24.6 Å². The summed E-state index contributed by atoms with van der Waals surface area (Å²) in [6.45, 7) is 1.41. The van der Waals surface area contributed by atoms with Gasteiger partial charge < -0.3 is 14.8 Å². The van der Waals surface area contributed by atoms with Crippen molar-refractivity contribution in [3.63, 3.8) is 0 Å². The number of nitrogens with zero attached hydrogens (tertiary/aromatic N) is 1. The second-order valence-corrected chi connectivity index (χ2v) is 12.0. The summed E-state index contributed by atoms with van der Waals surface area (Å²) in [6, 6.07) is 21.9. The van der Waals surface area contributed by atoms with Gasteiger partial charge in [-0.1, -0.05) is 67.4 Å². The zero-order chi connectivity index (χ0) is 31.2. The number of pyridine rings is 1. The molecule has 4 aromatic rings. The molecule has 1 atom stereocenters. The van der Waals surface area contributed by atoms with Gasteiger partial charge >= 0.3 is 6.18 Å². The fraction of sp³-hybridized carbons (Fsp3) is 0.378. The molecule has 6 rings (SSSR count). The van der Waals surface area contributed by atoms with Gasteiger partial charge in [-0.05, 0) is 90.6 Å². The van der Waals surface area contributed by atoms with Crippen molar-refractivity contribution < 1.29 is 27.0 Å². The van der Waals surface area contributed by atoms with E-state index in [1.807, 2.05) is 18.2 Å². The summed E-state index contributed by atoms with van der Waals surface area (Å²) in [7, 11) is 0. The monoisotopic (exact) mass is 618 g/mol. The van der Waals surface area contributed by atoms with Gasteiger partial charge in [0, 0.05) is 24.6 Å². The molecule has 4 nitrogen and oxygen atoms in total. The maximum absolute atomic E-state index is 14.2. The first-order valence-electron chi connectivity index (χ1n) is 15.8. The van der Waals surface area contributed by atoms with Gasteiger partial charge in [0.15, 0.2) is 6.29 Å². The van der Waals surface area contributed by atoms with E-state index < -0.39 is 11.7 Å². The summed E-state index contributed by atoms with van der Waals surface area (Å²) < 4.78 is 66.7. The van der Waals surface area contributed by atoms with Crippen molar-refractivity contribution >= 4 is 5.82 Å². The number of hydrogen-bond donors (Lipinski definition) is 1. The Labute approximate surface area is 261 Å². The molecule has 236 valence electrons. The van der Waals surface area contributed by atoms with Gasteiger partial charge in [-0.25, -0.2) is 9.37 Å². The topological polar surface area (TPSA) is 43.4 Å². The minimum absolute atomic E-state index is 0.211. The van der Waals surface area contributed by atoms with Crippen LogP contribution in [0.25, 0.3) is 11.1 Å². The second kappa shape index (κ2) is 14.1. The van der Waals surface area contributed by atoms with Crippen molar-refractivity contribution in [2.45, 2.75) is 82.9 Å². The molecule has 0 bridgehead atoms. The molecule has 1 saturated heterocycles. The van der Waals surface area contributed by atoms with E-state index in [0.29, 0.717) is 25.4 Å². The molecule has 1 aliphatic heterocycles. The average molecular weight is 619 g/mol. The minimum atomic E-state index is -4.41. The van der Waals surface area contributed by atoms with E-state index in [1.165, 1.54) is 12.1 Å². The highest BCUT2D eigenvalue weighted by atomic mass is 19.4. The Morgan fingerprint density at radius 2 is 1.51 bits per heavy atom. The molecule has 1 saturated carbocycles. The van der Waals surface area contributed by atoms with Crippen molar-refractivity contribution in [2.75, 3.05) is 11.9 Å². The van der Waals surface area contributed by atoms with Crippen LogP contribution >= 0.6 is 0 Å². The van der Waals surface area contributed by atoms with Gasteiger partial charge in [0.05, 0.1) is 17.9 Å². The molecule has 0 spiro atoms. The lowest BCUT2D eigenvalue weighted by Crippen LogP contribution is -2.23. The van der Waals surface area contributed by atoms with E-state index in [2.05, 4.69) is 17.4 Å². The van der Waals surface area contributed by atoms with Crippen LogP contribution in [0.1, 0.15) is 84.4 Å². The number of ether oxygens (including phenoxy) is 2. The van der Waals surface area contributed by atoms with Crippen LogP contribution in [0.5, 0.6) is 0 Å². The van der Waals surface area contributed by atoms with E-state index >= 15 is 0 Å². The molecular weight excluding hydrogens is 580 g/mol. The summed E-state index contributed by atoms with van der Waals surface area (Å²) in [4.78, 5) is 5.30. The molecule has 3 aromatic carbocycles. The third-order valence-corrected chi connectivity index (χ3v) is 8.82. The first-order valence-corrected chi connectivity index (χ1v) is 15.8. The molecule has 1 aromatic heterocycles. The summed E-state index contributed by atoms with van der Waals surface area (Å²) in [5, 5.41) is 3.59. The smallest absolute Gasteiger partial charge is 0.366 e. The number of alkyl halides is 3. The normalized spacial score (nSPS) is 17.5. The number of anilines is 1. The number of benzene rings is 3. The largest absolute Gasteiger partial charge is 0.416 e. The van der Waals surface area contributed by atoms with Crippen molar-refractivity contribution in [1.29, 1.82) is 0 Å². The predicted octanol–water partition coefficient (Wildman–Crippen LogP) is 9.81. The summed E-state index contributed by atoms with van der Waals surface area (Å²) >= 11 is 0. The number of aromatic nitrogens is 1. The lowest BCUT2D eigenvalue weighted by atomic mass is 9.86. The fourth-order valence-corrected chi connectivity index (χ4v) is 6.47. The van der Waals surface area contributed by atoms with Crippen LogP contribution in [0.4, 0.5) is 23.4 Å². The first kappa shape index (κ1) is 31.2. The van der Waals surface area contributed by atoms with E-state index in [9.17, 15) is 17.6 Å². The van der Waals surface area contributed by atoms with Crippen LogP contribution in [-0.2, 0) is 35.2 Å². The summed E-state index contributed by atoms with van der Waals surface area (Å²) in [5.74, 6) is 0.568. The van der Waals surface area contributed by atoms with Gasteiger partial charge in [0.2, 0.25) is 0 Å². The SMILES string of the molecule is Fc1ccc(-c2c(COC3CCCCO3)c(NCc3ccccc3)nc(C3CCCC3)c2Cc2ccc(C(F)(F)F)cc2)cc1. The third kappa shape index (κ3) is 7.74. The quantitative estimate of drug-likeness (QED) is 0.180. The highest BCUT2D eigenvalue weighted by Gasteiger charge is 2.31. The Kier molecular flexibility index (Phi) is 9.81. The fourth-order valence-electron chi connectivity index (χ4n) is 6.47. The predicted molar refractivity (Wildman–Crippen MR) is 167 cm³/mol. The summed E-state index contributed by atoms with van der Waals surface area (Å²) in [6.07, 6.45) is 2.61. The van der Waals surface area contributed by atoms with Crippen LogP contribution in [0.3, 0.4) is 0 Å². The second-order valence-electron chi connectivity index (χ2n) is 12.0. The molecule has 45 heavy (non-hydrogen) atoms. The molecule has 8 heteroatoms. The molecular formula is C37H38F4N2O2. The van der Waals surface area contributed by atoms with Crippen molar-refractivity contribution in [1.82, 2.24) is 4.98 Å². The molecule has 2 fully saturated rings. The molecule has 0 amide bonds. The van der Waals surface area contributed by atoms with Gasteiger partial charge in [-0.15, -0.1) is 0 Å². The molecule has 2 aliphatic rings. The number of nitrogens with one attached hydrogen (secondary N) is 1. The maximum atomic E-state index is 14.2. The Morgan fingerprint density at radius 1 is 0.800 bits per heavy atom. The lowest BCUT2D eigenvalue weighted by Gasteiger charge is -2.27. The van der Waals surface area contributed by atoms with Gasteiger partial charge in [0.25, 0.3) is 0 Å².